The second kappa shape index (κ2) is 4.40. The first-order valence-electron chi connectivity index (χ1n) is 1.88. The molecule has 3 nitrogen and oxygen atoms in total. The second-order valence-electron chi connectivity index (χ2n) is 1.10. The first kappa shape index (κ1) is 8.52. The quantitative estimate of drug-likeness (QED) is 0.384. The number of nitrogens with one attached hydrogen (secondary N) is 1. The third-order valence-electron chi connectivity index (χ3n) is 0.593. The van der Waals surface area contributed by atoms with E-state index in [1.165, 1.54) is 18.6 Å². The van der Waals surface area contributed by atoms with Crippen LogP contribution in [0.25, 0.3) is 0 Å². The van der Waals surface area contributed by atoms with Gasteiger partial charge in [-0.2, -0.15) is 0 Å². The third-order valence-corrected chi connectivity index (χ3v) is 0.593. The van der Waals surface area contributed by atoms with Gasteiger partial charge in [-0.3, -0.25) is 4.79 Å². The minimum Gasteiger partial charge on any atom is -1.00 e. The monoisotopic (exact) mass is 136 g/mol. The molecular formula is C4H5KN2O. The normalized spacial score (nSPS) is 7.50. The van der Waals surface area contributed by atoms with Crippen molar-refractivity contribution in [2.75, 3.05) is 0 Å². The summed E-state index contributed by atoms with van der Waals surface area (Å²) in [6.45, 7) is 0. The SMILES string of the molecule is O=c1ccnc[nH]1.[H-].[K+]. The van der Waals surface area contributed by atoms with E-state index in [0.717, 1.165) is 0 Å². The summed E-state index contributed by atoms with van der Waals surface area (Å²) in [4.78, 5) is 16.1. The molecule has 0 bridgehead atoms. The molecule has 0 spiro atoms. The number of aromatic amines is 1. The van der Waals surface area contributed by atoms with Crippen LogP contribution < -0.4 is 56.9 Å². The van der Waals surface area contributed by atoms with Crippen LogP contribution in [0.3, 0.4) is 0 Å². The van der Waals surface area contributed by atoms with Crippen LogP contribution in [0.4, 0.5) is 0 Å². The Labute approximate surface area is 90.4 Å². The predicted octanol–water partition coefficient (Wildman–Crippen LogP) is -3.11. The summed E-state index contributed by atoms with van der Waals surface area (Å²) in [6, 6.07) is 1.36. The van der Waals surface area contributed by atoms with Crippen LogP contribution in [-0.4, -0.2) is 9.97 Å². The topological polar surface area (TPSA) is 45.8 Å². The Balaban J connectivity index is 0. The standard InChI is InChI=1S/C4H4N2O.K.H/c7-4-1-2-5-3-6-4;;/h1-3H,(H,5,6,7);;/q;+1;-1. The van der Waals surface area contributed by atoms with E-state index < -0.39 is 0 Å². The predicted molar refractivity (Wildman–Crippen MR) is 26.0 cm³/mol. The van der Waals surface area contributed by atoms with Gasteiger partial charge in [-0.05, 0) is 0 Å². The third kappa shape index (κ3) is 2.73. The van der Waals surface area contributed by atoms with Crippen LogP contribution in [0.2, 0.25) is 0 Å². The summed E-state index contributed by atoms with van der Waals surface area (Å²) < 4.78 is 0. The zero-order chi connectivity index (χ0) is 5.11. The summed E-state index contributed by atoms with van der Waals surface area (Å²) in [5.74, 6) is 0. The number of aromatic nitrogens is 2. The van der Waals surface area contributed by atoms with Gasteiger partial charge >= 0.3 is 51.4 Å². The van der Waals surface area contributed by atoms with E-state index >= 15 is 0 Å². The average Bonchev–Trinajstić information content (AvgIpc) is 1.69. The molecule has 1 rings (SSSR count). The Morgan fingerprint density at radius 1 is 1.75 bits per heavy atom. The molecule has 1 N–H and O–H groups in total. The Bertz CT molecular complexity index is 184. The molecule has 8 heavy (non-hydrogen) atoms. The summed E-state index contributed by atoms with van der Waals surface area (Å²) in [5.41, 5.74) is -0.116. The maximum atomic E-state index is 10.2. The van der Waals surface area contributed by atoms with E-state index in [0.29, 0.717) is 0 Å². The van der Waals surface area contributed by atoms with Gasteiger partial charge in [0.1, 0.15) is 0 Å². The van der Waals surface area contributed by atoms with Crippen LogP contribution in [-0.2, 0) is 0 Å². The second-order valence-corrected chi connectivity index (χ2v) is 1.10. The molecule has 0 aromatic carbocycles. The average molecular weight is 136 g/mol. The molecule has 0 aliphatic rings. The van der Waals surface area contributed by atoms with Gasteiger partial charge in [0, 0.05) is 12.3 Å². The summed E-state index contributed by atoms with van der Waals surface area (Å²) in [7, 11) is 0. The van der Waals surface area contributed by atoms with Gasteiger partial charge < -0.3 is 6.41 Å². The van der Waals surface area contributed by atoms with E-state index in [1.54, 1.807) is 0 Å². The summed E-state index contributed by atoms with van der Waals surface area (Å²) in [5, 5.41) is 0. The van der Waals surface area contributed by atoms with E-state index in [9.17, 15) is 4.79 Å². The molecule has 0 aliphatic carbocycles. The van der Waals surface area contributed by atoms with Gasteiger partial charge in [0.15, 0.2) is 0 Å². The molecule has 4 heteroatoms. The van der Waals surface area contributed by atoms with Crippen molar-refractivity contribution in [2.45, 2.75) is 0 Å². The molecule has 1 heterocycles. The van der Waals surface area contributed by atoms with Crippen LogP contribution in [0.1, 0.15) is 1.43 Å². The molecule has 0 aliphatic heterocycles. The Hall–Kier alpha value is 0.516. The number of hydrogen-bond acceptors (Lipinski definition) is 2. The van der Waals surface area contributed by atoms with E-state index in [2.05, 4.69) is 9.97 Å². The fourth-order valence-electron chi connectivity index (χ4n) is 0.303. The zero-order valence-electron chi connectivity index (χ0n) is 5.59. The minimum absolute atomic E-state index is 0. The molecule has 0 atom stereocenters. The Kier molecular flexibility index (Phi) is 4.68. The van der Waals surface area contributed by atoms with Crippen LogP contribution in [0, 0.1) is 0 Å². The van der Waals surface area contributed by atoms with Gasteiger partial charge in [-0.1, -0.05) is 0 Å². The maximum absolute atomic E-state index is 10.2. The number of H-pyrrole nitrogens is 1. The zero-order valence-corrected chi connectivity index (χ0v) is 7.71. The molecule has 0 saturated carbocycles. The molecule has 0 amide bonds. The number of rotatable bonds is 0. The largest absolute Gasteiger partial charge is 1.00 e. The van der Waals surface area contributed by atoms with Crippen LogP contribution >= 0.6 is 0 Å². The number of nitrogens with zero attached hydrogens (tertiary/aromatic N) is 1. The van der Waals surface area contributed by atoms with Gasteiger partial charge in [0.05, 0.1) is 6.33 Å². The fourth-order valence-corrected chi connectivity index (χ4v) is 0.303. The minimum atomic E-state index is -0.116. The summed E-state index contributed by atoms with van der Waals surface area (Å²) in [6.07, 6.45) is 2.79. The molecule has 1 aromatic rings. The van der Waals surface area contributed by atoms with Crippen LogP contribution in [0.5, 0.6) is 0 Å². The molecule has 1 aromatic heterocycles. The van der Waals surface area contributed by atoms with Gasteiger partial charge in [-0.15, -0.1) is 0 Å². The van der Waals surface area contributed by atoms with E-state index in [4.69, 9.17) is 0 Å². The van der Waals surface area contributed by atoms with Crippen molar-refractivity contribution in [3.63, 3.8) is 0 Å². The van der Waals surface area contributed by atoms with Gasteiger partial charge in [0.25, 0.3) is 5.56 Å². The van der Waals surface area contributed by atoms with Crippen molar-refractivity contribution in [1.29, 1.82) is 0 Å². The Morgan fingerprint density at radius 2 is 2.50 bits per heavy atom. The fraction of sp³-hybridized carbons (Fsp3) is 0. The Morgan fingerprint density at radius 3 is 2.75 bits per heavy atom. The number of hydrogen-bond donors (Lipinski definition) is 1. The van der Waals surface area contributed by atoms with Crippen molar-refractivity contribution in [3.8, 4) is 0 Å². The molecule has 0 radical (unpaired) electrons. The molecular weight excluding hydrogens is 131 g/mol. The maximum Gasteiger partial charge on any atom is 1.00 e. The van der Waals surface area contributed by atoms with Crippen molar-refractivity contribution in [2.24, 2.45) is 0 Å². The molecule has 0 fully saturated rings. The first-order valence-corrected chi connectivity index (χ1v) is 1.88. The van der Waals surface area contributed by atoms with E-state index in [-0.39, 0.29) is 58.4 Å². The van der Waals surface area contributed by atoms with Gasteiger partial charge in [-0.25, -0.2) is 4.98 Å². The smallest absolute Gasteiger partial charge is 1.00 e. The van der Waals surface area contributed by atoms with Gasteiger partial charge in [0.2, 0.25) is 0 Å². The van der Waals surface area contributed by atoms with Crippen LogP contribution in [0.15, 0.2) is 23.4 Å². The molecule has 0 unspecified atom stereocenters. The van der Waals surface area contributed by atoms with Crippen molar-refractivity contribution in [3.05, 3.63) is 28.9 Å². The molecule has 0 saturated heterocycles. The first-order chi connectivity index (χ1) is 3.39. The van der Waals surface area contributed by atoms with Crippen molar-refractivity contribution < 1.29 is 52.8 Å². The molecule has 38 valence electrons. The van der Waals surface area contributed by atoms with E-state index in [1.807, 2.05) is 0 Å². The van der Waals surface area contributed by atoms with Crippen molar-refractivity contribution >= 4 is 0 Å². The van der Waals surface area contributed by atoms with Crippen molar-refractivity contribution in [1.82, 2.24) is 9.97 Å². The summed E-state index contributed by atoms with van der Waals surface area (Å²) >= 11 is 0.